The molecular formula is C8H7F2N3O3. The van der Waals surface area contributed by atoms with Gasteiger partial charge in [-0.15, -0.1) is 0 Å². The maximum atomic E-state index is 12.5. The minimum Gasteiger partial charge on any atom is -0.366 e. The largest absolute Gasteiger partial charge is 0.366 e. The number of carbonyl (C=O) groups is 1. The van der Waals surface area contributed by atoms with Crippen molar-refractivity contribution < 1.29 is 18.5 Å². The number of pyridine rings is 1. The lowest BCUT2D eigenvalue weighted by Crippen LogP contribution is -2.18. The summed E-state index contributed by atoms with van der Waals surface area (Å²) in [4.78, 5) is 23.8. The zero-order valence-electron chi connectivity index (χ0n) is 8.11. The number of amides is 1. The number of nitro groups is 1. The molecule has 86 valence electrons. The molecule has 8 heteroatoms. The predicted molar refractivity (Wildman–Crippen MR) is 49.1 cm³/mol. The molecule has 6 nitrogen and oxygen atoms in total. The highest BCUT2D eigenvalue weighted by Gasteiger charge is 2.26. The van der Waals surface area contributed by atoms with Gasteiger partial charge in [0.05, 0.1) is 10.5 Å². The molecule has 0 saturated carbocycles. The SMILES string of the molecule is Cc1c([N+](=O)[O-])cnc(C(F)F)c1C(N)=O. The molecular weight excluding hydrogens is 224 g/mol. The van der Waals surface area contributed by atoms with Gasteiger partial charge in [-0.25, -0.2) is 13.8 Å². The van der Waals surface area contributed by atoms with Crippen LogP contribution in [0.2, 0.25) is 0 Å². The van der Waals surface area contributed by atoms with Crippen LogP contribution in [0.25, 0.3) is 0 Å². The van der Waals surface area contributed by atoms with Crippen LogP contribution in [0.4, 0.5) is 14.5 Å². The summed E-state index contributed by atoms with van der Waals surface area (Å²) in [7, 11) is 0. The zero-order valence-corrected chi connectivity index (χ0v) is 8.11. The number of rotatable bonds is 3. The maximum Gasteiger partial charge on any atom is 0.291 e. The normalized spacial score (nSPS) is 10.5. The Bertz CT molecular complexity index is 462. The Hall–Kier alpha value is -2.12. The standard InChI is InChI=1S/C8H7F2N3O3/c1-3-4(13(15)16)2-12-6(7(9)10)5(3)8(11)14/h2,7H,1H3,(H2,11,14). The van der Waals surface area contributed by atoms with E-state index >= 15 is 0 Å². The highest BCUT2D eigenvalue weighted by molar-refractivity contribution is 5.96. The molecule has 0 aliphatic carbocycles. The summed E-state index contributed by atoms with van der Waals surface area (Å²) in [6, 6.07) is 0. The quantitative estimate of drug-likeness (QED) is 0.626. The van der Waals surface area contributed by atoms with E-state index in [0.29, 0.717) is 6.20 Å². The molecule has 2 N–H and O–H groups in total. The number of carbonyl (C=O) groups excluding carboxylic acids is 1. The molecule has 0 aliphatic heterocycles. The Morgan fingerprint density at radius 2 is 2.19 bits per heavy atom. The van der Waals surface area contributed by atoms with Crippen LogP contribution in [0.3, 0.4) is 0 Å². The van der Waals surface area contributed by atoms with E-state index in [-0.39, 0.29) is 5.56 Å². The van der Waals surface area contributed by atoms with Crippen LogP contribution in [-0.2, 0) is 0 Å². The number of primary amides is 1. The van der Waals surface area contributed by atoms with Crippen molar-refractivity contribution >= 4 is 11.6 Å². The maximum absolute atomic E-state index is 12.5. The lowest BCUT2D eigenvalue weighted by molar-refractivity contribution is -0.385. The summed E-state index contributed by atoms with van der Waals surface area (Å²) in [5.74, 6) is -1.16. The number of nitrogens with two attached hydrogens (primary N) is 1. The van der Waals surface area contributed by atoms with Crippen molar-refractivity contribution in [3.8, 4) is 0 Å². The van der Waals surface area contributed by atoms with Gasteiger partial charge in [-0.1, -0.05) is 0 Å². The molecule has 0 unspecified atom stereocenters. The van der Waals surface area contributed by atoms with Crippen LogP contribution < -0.4 is 5.73 Å². The second-order valence-corrected chi connectivity index (χ2v) is 2.95. The molecule has 16 heavy (non-hydrogen) atoms. The predicted octanol–water partition coefficient (Wildman–Crippen LogP) is 1.33. The van der Waals surface area contributed by atoms with Gasteiger partial charge in [0.1, 0.15) is 11.9 Å². The van der Waals surface area contributed by atoms with Gasteiger partial charge in [0.2, 0.25) is 0 Å². The highest BCUT2D eigenvalue weighted by atomic mass is 19.3. The molecule has 0 aromatic carbocycles. The van der Waals surface area contributed by atoms with Crippen LogP contribution >= 0.6 is 0 Å². The van der Waals surface area contributed by atoms with E-state index in [4.69, 9.17) is 5.73 Å². The van der Waals surface area contributed by atoms with Gasteiger partial charge in [0, 0.05) is 5.56 Å². The van der Waals surface area contributed by atoms with Gasteiger partial charge in [-0.05, 0) is 6.92 Å². The third-order valence-electron chi connectivity index (χ3n) is 1.99. The van der Waals surface area contributed by atoms with E-state index in [1.165, 1.54) is 6.92 Å². The van der Waals surface area contributed by atoms with Crippen molar-refractivity contribution in [1.29, 1.82) is 0 Å². The fourth-order valence-corrected chi connectivity index (χ4v) is 1.27. The van der Waals surface area contributed by atoms with Crippen LogP contribution in [0, 0.1) is 17.0 Å². The molecule has 1 rings (SSSR count). The summed E-state index contributed by atoms with van der Waals surface area (Å²) >= 11 is 0. The Labute approximate surface area is 88.2 Å². The summed E-state index contributed by atoms with van der Waals surface area (Å²) in [5.41, 5.74) is 2.74. The van der Waals surface area contributed by atoms with E-state index in [9.17, 15) is 23.7 Å². The number of aromatic nitrogens is 1. The van der Waals surface area contributed by atoms with Crippen LogP contribution in [0.5, 0.6) is 0 Å². The monoisotopic (exact) mass is 231 g/mol. The lowest BCUT2D eigenvalue weighted by Gasteiger charge is -2.07. The van der Waals surface area contributed by atoms with Crippen molar-refractivity contribution in [2.24, 2.45) is 5.73 Å². The lowest BCUT2D eigenvalue weighted by atomic mass is 10.1. The number of hydrogen-bond donors (Lipinski definition) is 1. The Morgan fingerprint density at radius 3 is 2.56 bits per heavy atom. The fraction of sp³-hybridized carbons (Fsp3) is 0.250. The van der Waals surface area contributed by atoms with Crippen molar-refractivity contribution in [2.75, 3.05) is 0 Å². The number of alkyl halides is 2. The van der Waals surface area contributed by atoms with Crippen molar-refractivity contribution in [1.82, 2.24) is 4.98 Å². The molecule has 0 atom stereocenters. The fourth-order valence-electron chi connectivity index (χ4n) is 1.27. The molecule has 0 aliphatic rings. The molecule has 1 aromatic rings. The van der Waals surface area contributed by atoms with Crippen molar-refractivity contribution in [3.63, 3.8) is 0 Å². The van der Waals surface area contributed by atoms with Crippen molar-refractivity contribution in [2.45, 2.75) is 13.3 Å². The molecule has 1 aromatic heterocycles. The molecule has 0 bridgehead atoms. The first kappa shape index (κ1) is 12.0. The van der Waals surface area contributed by atoms with Crippen molar-refractivity contribution in [3.05, 3.63) is 33.1 Å². The van der Waals surface area contributed by atoms with Gasteiger partial charge in [0.15, 0.2) is 0 Å². The Morgan fingerprint density at radius 1 is 1.62 bits per heavy atom. The van der Waals surface area contributed by atoms with Gasteiger partial charge in [-0.2, -0.15) is 0 Å². The average Bonchev–Trinajstić information content (AvgIpc) is 2.15. The first-order chi connectivity index (χ1) is 7.36. The van der Waals surface area contributed by atoms with E-state index in [2.05, 4.69) is 4.98 Å². The van der Waals surface area contributed by atoms with E-state index in [1.54, 1.807) is 0 Å². The van der Waals surface area contributed by atoms with Gasteiger partial charge >= 0.3 is 0 Å². The second kappa shape index (κ2) is 4.17. The van der Waals surface area contributed by atoms with Gasteiger partial charge in [0.25, 0.3) is 18.0 Å². The Balaban J connectivity index is 3.54. The summed E-state index contributed by atoms with van der Waals surface area (Å²) in [5, 5.41) is 10.5. The topological polar surface area (TPSA) is 99.1 Å². The summed E-state index contributed by atoms with van der Waals surface area (Å²) in [6.07, 6.45) is -2.33. The zero-order chi connectivity index (χ0) is 12.5. The third-order valence-corrected chi connectivity index (χ3v) is 1.99. The number of halogens is 2. The summed E-state index contributed by atoms with van der Waals surface area (Å²) in [6.45, 7) is 1.17. The smallest absolute Gasteiger partial charge is 0.291 e. The van der Waals surface area contributed by atoms with Crippen LogP contribution in [-0.4, -0.2) is 15.8 Å². The van der Waals surface area contributed by atoms with Crippen LogP contribution in [0.1, 0.15) is 28.0 Å². The first-order valence-corrected chi connectivity index (χ1v) is 4.08. The first-order valence-electron chi connectivity index (χ1n) is 4.08. The molecule has 1 amide bonds. The molecule has 0 spiro atoms. The second-order valence-electron chi connectivity index (χ2n) is 2.95. The summed E-state index contributed by atoms with van der Waals surface area (Å²) < 4.78 is 24.9. The van der Waals surface area contributed by atoms with Gasteiger partial charge in [-0.3, -0.25) is 14.9 Å². The van der Waals surface area contributed by atoms with Crippen LogP contribution in [0.15, 0.2) is 6.20 Å². The van der Waals surface area contributed by atoms with Gasteiger partial charge < -0.3 is 5.73 Å². The number of nitrogens with zero attached hydrogens (tertiary/aromatic N) is 2. The molecule has 0 fully saturated rings. The minimum absolute atomic E-state index is 0.206. The molecule has 0 radical (unpaired) electrons. The minimum atomic E-state index is -3.01. The highest BCUT2D eigenvalue weighted by Crippen LogP contribution is 2.28. The molecule has 0 saturated heterocycles. The third kappa shape index (κ3) is 1.95. The van der Waals surface area contributed by atoms with E-state index < -0.39 is 34.2 Å². The average molecular weight is 231 g/mol. The van der Waals surface area contributed by atoms with E-state index in [0.717, 1.165) is 0 Å². The Kier molecular flexibility index (Phi) is 3.11. The molecule has 1 heterocycles. The number of hydrogen-bond acceptors (Lipinski definition) is 4. The van der Waals surface area contributed by atoms with E-state index in [1.807, 2.05) is 0 Å².